The summed E-state index contributed by atoms with van der Waals surface area (Å²) in [5, 5.41) is 22.7. The number of nitrogens with one attached hydrogen (secondary N) is 1. The second kappa shape index (κ2) is 5.92. The molecule has 0 amide bonds. The quantitative estimate of drug-likeness (QED) is 0.674. The zero-order chi connectivity index (χ0) is 12.8. The first-order chi connectivity index (χ1) is 8.75. The normalized spacial score (nSPS) is 10.7. The van der Waals surface area contributed by atoms with Crippen LogP contribution in [0.4, 0.5) is 0 Å². The summed E-state index contributed by atoms with van der Waals surface area (Å²) in [6, 6.07) is 1.41. The van der Waals surface area contributed by atoms with Crippen molar-refractivity contribution in [1.82, 2.24) is 25.5 Å². The van der Waals surface area contributed by atoms with E-state index in [0.717, 1.165) is 19.5 Å². The number of hydrogen-bond donors (Lipinski definition) is 2. The molecule has 0 radical (unpaired) electrons. The van der Waals surface area contributed by atoms with Crippen molar-refractivity contribution >= 4 is 5.97 Å². The fourth-order valence-electron chi connectivity index (χ4n) is 1.43. The summed E-state index contributed by atoms with van der Waals surface area (Å²) in [5.74, 6) is -0.579. The highest BCUT2D eigenvalue weighted by Gasteiger charge is 2.09. The van der Waals surface area contributed by atoms with E-state index in [9.17, 15) is 4.79 Å². The van der Waals surface area contributed by atoms with Crippen molar-refractivity contribution in [3.63, 3.8) is 0 Å². The van der Waals surface area contributed by atoms with Gasteiger partial charge >= 0.3 is 5.97 Å². The van der Waals surface area contributed by atoms with Crippen molar-refractivity contribution in [2.75, 3.05) is 6.54 Å². The molecule has 0 aliphatic heterocycles. The molecule has 0 atom stereocenters. The molecule has 0 aliphatic carbocycles. The lowest BCUT2D eigenvalue weighted by Crippen LogP contribution is -2.16. The summed E-state index contributed by atoms with van der Waals surface area (Å²) in [6.45, 7) is 2.00. The van der Waals surface area contributed by atoms with Crippen molar-refractivity contribution < 1.29 is 14.4 Å². The number of aromatic carboxylic acids is 1. The Bertz CT molecular complexity index is 493. The number of nitrogens with zero attached hydrogens (tertiary/aromatic N) is 4. The number of carbonyl (C=O) groups is 1. The third kappa shape index (κ3) is 3.39. The Morgan fingerprint density at radius 3 is 3.11 bits per heavy atom. The van der Waals surface area contributed by atoms with Gasteiger partial charge in [-0.05, 0) is 13.0 Å². The van der Waals surface area contributed by atoms with Crippen LogP contribution in [0.25, 0.3) is 0 Å². The topological polar surface area (TPSA) is 106 Å². The van der Waals surface area contributed by atoms with Crippen LogP contribution in [0.1, 0.15) is 22.7 Å². The molecule has 0 aromatic carbocycles. The molecule has 8 nitrogen and oxygen atoms in total. The van der Waals surface area contributed by atoms with Gasteiger partial charge in [0.1, 0.15) is 0 Å². The van der Waals surface area contributed by atoms with E-state index in [0.29, 0.717) is 12.3 Å². The Hall–Kier alpha value is -2.22. The van der Waals surface area contributed by atoms with Crippen LogP contribution in [-0.4, -0.2) is 37.8 Å². The zero-order valence-corrected chi connectivity index (χ0v) is 9.61. The fourth-order valence-corrected chi connectivity index (χ4v) is 1.43. The lowest BCUT2D eigenvalue weighted by Gasteiger charge is -2.01. The molecule has 0 saturated heterocycles. The molecule has 96 valence electrons. The highest BCUT2D eigenvalue weighted by atomic mass is 16.5. The number of carboxylic acids is 1. The molecule has 0 fully saturated rings. The number of hydrogen-bond acceptors (Lipinski definition) is 6. The zero-order valence-electron chi connectivity index (χ0n) is 9.61. The molecule has 18 heavy (non-hydrogen) atoms. The Morgan fingerprint density at radius 1 is 1.56 bits per heavy atom. The Morgan fingerprint density at radius 2 is 2.44 bits per heavy atom. The SMILES string of the molecule is O=C(O)c1cc(CNCCCn2ccnn2)on1. The molecular formula is C10H13N5O3. The van der Waals surface area contributed by atoms with Crippen LogP contribution in [0.15, 0.2) is 23.0 Å². The number of carboxylic acid groups (broad SMARTS) is 1. The Balaban J connectivity index is 1.64. The van der Waals surface area contributed by atoms with Crippen molar-refractivity contribution in [3.05, 3.63) is 29.9 Å². The van der Waals surface area contributed by atoms with E-state index in [4.69, 9.17) is 9.63 Å². The van der Waals surface area contributed by atoms with Gasteiger partial charge in [0, 0.05) is 18.8 Å². The molecule has 0 unspecified atom stereocenters. The lowest BCUT2D eigenvalue weighted by molar-refractivity contribution is 0.0685. The predicted octanol–water partition coefficient (Wildman–Crippen LogP) is 0.144. The van der Waals surface area contributed by atoms with Crippen molar-refractivity contribution in [2.24, 2.45) is 0 Å². The van der Waals surface area contributed by atoms with Gasteiger partial charge in [0.25, 0.3) is 0 Å². The minimum Gasteiger partial charge on any atom is -0.476 e. The Labute approximate surface area is 103 Å². The van der Waals surface area contributed by atoms with Crippen LogP contribution >= 0.6 is 0 Å². The summed E-state index contributed by atoms with van der Waals surface area (Å²) >= 11 is 0. The average molecular weight is 251 g/mol. The average Bonchev–Trinajstić information content (AvgIpc) is 2.98. The summed E-state index contributed by atoms with van der Waals surface area (Å²) in [5.41, 5.74) is -0.0746. The van der Waals surface area contributed by atoms with Gasteiger partial charge in [-0.15, -0.1) is 5.10 Å². The van der Waals surface area contributed by atoms with Gasteiger partial charge in [-0.1, -0.05) is 10.4 Å². The highest BCUT2D eigenvalue weighted by molar-refractivity contribution is 5.85. The summed E-state index contributed by atoms with van der Waals surface area (Å²) in [6.07, 6.45) is 4.33. The second-order valence-electron chi connectivity index (χ2n) is 3.68. The molecule has 0 saturated carbocycles. The Kier molecular flexibility index (Phi) is 4.02. The van der Waals surface area contributed by atoms with Gasteiger partial charge in [-0.2, -0.15) is 0 Å². The predicted molar refractivity (Wildman–Crippen MR) is 59.8 cm³/mol. The van der Waals surface area contributed by atoms with E-state index in [1.54, 1.807) is 17.1 Å². The maximum Gasteiger partial charge on any atom is 0.358 e. The minimum atomic E-state index is -1.09. The number of aryl methyl sites for hydroxylation is 1. The molecular weight excluding hydrogens is 238 g/mol. The molecule has 0 spiro atoms. The second-order valence-corrected chi connectivity index (χ2v) is 3.68. The van der Waals surface area contributed by atoms with Gasteiger partial charge < -0.3 is 14.9 Å². The van der Waals surface area contributed by atoms with E-state index in [1.165, 1.54) is 6.07 Å². The lowest BCUT2D eigenvalue weighted by atomic mass is 10.3. The summed E-state index contributed by atoms with van der Waals surface area (Å²) in [7, 11) is 0. The minimum absolute atomic E-state index is 0.0746. The number of rotatable bonds is 7. The largest absolute Gasteiger partial charge is 0.476 e. The van der Waals surface area contributed by atoms with Gasteiger partial charge in [0.15, 0.2) is 11.5 Å². The van der Waals surface area contributed by atoms with Gasteiger partial charge in [-0.3, -0.25) is 4.68 Å². The maximum absolute atomic E-state index is 10.6. The smallest absolute Gasteiger partial charge is 0.358 e. The van der Waals surface area contributed by atoms with E-state index in [1.807, 2.05) is 0 Å². The molecule has 8 heteroatoms. The van der Waals surface area contributed by atoms with Crippen LogP contribution in [0.5, 0.6) is 0 Å². The van der Waals surface area contributed by atoms with Gasteiger partial charge in [-0.25, -0.2) is 4.79 Å². The summed E-state index contributed by atoms with van der Waals surface area (Å²) < 4.78 is 6.61. The van der Waals surface area contributed by atoms with E-state index < -0.39 is 5.97 Å². The summed E-state index contributed by atoms with van der Waals surface area (Å²) in [4.78, 5) is 10.6. The van der Waals surface area contributed by atoms with Gasteiger partial charge in [0.05, 0.1) is 12.7 Å². The van der Waals surface area contributed by atoms with E-state index >= 15 is 0 Å². The molecule has 0 bridgehead atoms. The third-order valence-corrected chi connectivity index (χ3v) is 2.29. The fraction of sp³-hybridized carbons (Fsp3) is 0.400. The van der Waals surface area contributed by atoms with Crippen LogP contribution in [0, 0.1) is 0 Å². The first kappa shape index (κ1) is 12.2. The van der Waals surface area contributed by atoms with E-state index in [-0.39, 0.29) is 5.69 Å². The van der Waals surface area contributed by atoms with Crippen molar-refractivity contribution in [3.8, 4) is 0 Å². The highest BCUT2D eigenvalue weighted by Crippen LogP contribution is 2.02. The molecule has 2 heterocycles. The van der Waals surface area contributed by atoms with Crippen LogP contribution < -0.4 is 5.32 Å². The van der Waals surface area contributed by atoms with E-state index in [2.05, 4.69) is 20.8 Å². The molecule has 2 aromatic heterocycles. The molecule has 2 aromatic rings. The number of aromatic nitrogens is 4. The van der Waals surface area contributed by atoms with Gasteiger partial charge in [0.2, 0.25) is 0 Å². The first-order valence-corrected chi connectivity index (χ1v) is 5.49. The van der Waals surface area contributed by atoms with Crippen molar-refractivity contribution in [2.45, 2.75) is 19.5 Å². The van der Waals surface area contributed by atoms with Crippen LogP contribution in [0.3, 0.4) is 0 Å². The monoisotopic (exact) mass is 251 g/mol. The standard InChI is InChI=1S/C10H13N5O3/c16-10(17)9-6-8(18-13-9)7-11-2-1-4-15-5-3-12-14-15/h3,5-6,11H,1-2,4,7H2,(H,16,17). The molecule has 2 N–H and O–H groups in total. The third-order valence-electron chi connectivity index (χ3n) is 2.29. The first-order valence-electron chi connectivity index (χ1n) is 5.49. The van der Waals surface area contributed by atoms with Crippen LogP contribution in [-0.2, 0) is 13.1 Å². The van der Waals surface area contributed by atoms with Crippen molar-refractivity contribution in [1.29, 1.82) is 0 Å². The van der Waals surface area contributed by atoms with Crippen LogP contribution in [0.2, 0.25) is 0 Å². The maximum atomic E-state index is 10.6. The molecule has 0 aliphatic rings. The molecule has 2 rings (SSSR count).